The van der Waals surface area contributed by atoms with Crippen molar-refractivity contribution in [1.29, 1.82) is 10.5 Å². The average molecular weight is 494 g/mol. The number of nitriles is 2. The molecule has 3 aromatic carbocycles. The minimum absolute atomic E-state index is 0.697. The number of rotatable bonds is 3. The van der Waals surface area contributed by atoms with Gasteiger partial charge in [0, 0.05) is 42.2 Å². The molecule has 0 atom stereocenters. The van der Waals surface area contributed by atoms with E-state index >= 15 is 0 Å². The molecule has 0 unspecified atom stereocenters. The highest BCUT2D eigenvalue weighted by Crippen LogP contribution is 2.25. The van der Waals surface area contributed by atoms with Crippen LogP contribution in [-0.4, -0.2) is 31.1 Å². The quantitative estimate of drug-likeness (QED) is 0.459. The summed E-state index contributed by atoms with van der Waals surface area (Å²) in [5.74, 6) is 0. The molecule has 4 nitrogen and oxygen atoms in total. The summed E-state index contributed by atoms with van der Waals surface area (Å²) in [6.45, 7) is 4.63. The van der Waals surface area contributed by atoms with Crippen molar-refractivity contribution in [3.63, 3.8) is 0 Å². The van der Waals surface area contributed by atoms with Gasteiger partial charge in [-0.05, 0) is 48.0 Å². The third-order valence-corrected chi connectivity index (χ3v) is 5.76. The number of anilines is 1. The summed E-state index contributed by atoms with van der Waals surface area (Å²) in [6.07, 6.45) is 0. The fraction of sp³-hybridized carbons (Fsp3) is 0.200. The zero-order chi connectivity index (χ0) is 22.1. The summed E-state index contributed by atoms with van der Waals surface area (Å²) >= 11 is 8.96. The lowest BCUT2D eigenvalue weighted by Crippen LogP contribution is -2.46. The van der Waals surface area contributed by atoms with Gasteiger partial charge >= 0.3 is 0 Å². The first-order valence-corrected chi connectivity index (χ1v) is 11.1. The fourth-order valence-corrected chi connectivity index (χ4v) is 3.88. The summed E-state index contributed by atoms with van der Waals surface area (Å²) in [5.41, 5.74) is 3.65. The van der Waals surface area contributed by atoms with Gasteiger partial charge in [-0.15, -0.1) is 0 Å². The second-order valence-electron chi connectivity index (χ2n) is 7.14. The third kappa shape index (κ3) is 6.84. The van der Waals surface area contributed by atoms with E-state index in [1.165, 1.54) is 5.56 Å². The van der Waals surface area contributed by atoms with E-state index in [0.29, 0.717) is 11.1 Å². The van der Waals surface area contributed by atoms with E-state index in [1.54, 1.807) is 0 Å². The summed E-state index contributed by atoms with van der Waals surface area (Å²) in [7, 11) is 0. The van der Waals surface area contributed by atoms with Gasteiger partial charge in [0.2, 0.25) is 0 Å². The standard InChI is InChI=1S/C19H17BrN4.C6H5Cl/c20-18-5-6-19(17(11-18)13-22)24-9-7-23(8-10-24)14-16-3-1-15(12-21)2-4-16;7-6-4-2-1-3-5-6/h1-6,11H,7-10,14H2;1-5H. The molecule has 0 bridgehead atoms. The first kappa shape index (κ1) is 22.8. The number of hydrogen-bond acceptors (Lipinski definition) is 4. The van der Waals surface area contributed by atoms with Crippen molar-refractivity contribution in [2.24, 2.45) is 0 Å². The Morgan fingerprint density at radius 3 is 2.06 bits per heavy atom. The Hall–Kier alpha value is -2.83. The molecule has 1 aliphatic heterocycles. The van der Waals surface area contributed by atoms with Gasteiger partial charge in [0.1, 0.15) is 6.07 Å². The van der Waals surface area contributed by atoms with Crippen molar-refractivity contribution in [2.45, 2.75) is 6.54 Å². The molecule has 1 heterocycles. The van der Waals surface area contributed by atoms with Gasteiger partial charge in [-0.3, -0.25) is 4.90 Å². The normalized spacial score (nSPS) is 13.5. The zero-order valence-corrected chi connectivity index (χ0v) is 19.4. The number of nitrogens with zero attached hydrogens (tertiary/aromatic N) is 4. The zero-order valence-electron chi connectivity index (χ0n) is 17.0. The van der Waals surface area contributed by atoms with Crippen LogP contribution in [0.15, 0.2) is 77.3 Å². The van der Waals surface area contributed by atoms with Crippen LogP contribution in [0.5, 0.6) is 0 Å². The molecule has 4 rings (SSSR count). The van der Waals surface area contributed by atoms with E-state index in [2.05, 4.69) is 37.9 Å². The molecule has 6 heteroatoms. The first-order chi connectivity index (χ1) is 15.1. The molecule has 1 aliphatic rings. The predicted molar refractivity (Wildman–Crippen MR) is 129 cm³/mol. The molecule has 31 heavy (non-hydrogen) atoms. The minimum Gasteiger partial charge on any atom is -0.368 e. The van der Waals surface area contributed by atoms with Crippen molar-refractivity contribution >= 4 is 33.2 Å². The Balaban J connectivity index is 0.000000330. The van der Waals surface area contributed by atoms with Crippen molar-refractivity contribution in [1.82, 2.24) is 4.90 Å². The fourth-order valence-electron chi connectivity index (χ4n) is 3.38. The molecule has 3 aromatic rings. The van der Waals surface area contributed by atoms with Crippen LogP contribution in [0.1, 0.15) is 16.7 Å². The highest BCUT2D eigenvalue weighted by atomic mass is 79.9. The molecule has 1 saturated heterocycles. The van der Waals surface area contributed by atoms with Crippen LogP contribution in [0.2, 0.25) is 5.02 Å². The second-order valence-corrected chi connectivity index (χ2v) is 8.49. The molecule has 0 amide bonds. The van der Waals surface area contributed by atoms with Crippen molar-refractivity contribution in [2.75, 3.05) is 31.1 Å². The van der Waals surface area contributed by atoms with Gasteiger partial charge in [-0.25, -0.2) is 0 Å². The van der Waals surface area contributed by atoms with Crippen LogP contribution in [0.3, 0.4) is 0 Å². The van der Waals surface area contributed by atoms with E-state index in [-0.39, 0.29) is 0 Å². The Morgan fingerprint density at radius 1 is 0.839 bits per heavy atom. The van der Waals surface area contributed by atoms with Gasteiger partial charge in [0.15, 0.2) is 0 Å². The summed E-state index contributed by atoms with van der Waals surface area (Å²) in [6, 6.07) is 27.5. The predicted octanol–water partition coefficient (Wildman–Crippen LogP) is 5.85. The van der Waals surface area contributed by atoms with Crippen molar-refractivity contribution < 1.29 is 0 Å². The molecule has 0 radical (unpaired) electrons. The lowest BCUT2D eigenvalue weighted by atomic mass is 10.1. The SMILES string of the molecule is Clc1ccccc1.N#Cc1ccc(CN2CCN(c3ccc(Br)cc3C#N)CC2)cc1. The molecule has 1 fully saturated rings. The Morgan fingerprint density at radius 2 is 1.52 bits per heavy atom. The smallest absolute Gasteiger partial charge is 0.101 e. The Bertz CT molecular complexity index is 1060. The van der Waals surface area contributed by atoms with Gasteiger partial charge in [0.05, 0.1) is 22.9 Å². The molecular weight excluding hydrogens is 472 g/mol. The van der Waals surface area contributed by atoms with Crippen LogP contribution in [0, 0.1) is 22.7 Å². The summed E-state index contributed by atoms with van der Waals surface area (Å²) in [4.78, 5) is 4.68. The number of halogens is 2. The molecule has 0 spiro atoms. The van der Waals surface area contributed by atoms with Crippen LogP contribution >= 0.6 is 27.5 Å². The molecule has 0 N–H and O–H groups in total. The van der Waals surface area contributed by atoms with Crippen LogP contribution < -0.4 is 4.90 Å². The summed E-state index contributed by atoms with van der Waals surface area (Å²) in [5, 5.41) is 19.0. The van der Waals surface area contributed by atoms with Crippen molar-refractivity contribution in [3.8, 4) is 12.1 Å². The van der Waals surface area contributed by atoms with Crippen LogP contribution in [0.25, 0.3) is 0 Å². The molecular formula is C25H22BrClN4. The van der Waals surface area contributed by atoms with Crippen LogP contribution in [-0.2, 0) is 6.54 Å². The molecule has 0 aliphatic carbocycles. The van der Waals surface area contributed by atoms with E-state index in [0.717, 1.165) is 47.9 Å². The average Bonchev–Trinajstić information content (AvgIpc) is 2.81. The van der Waals surface area contributed by atoms with Crippen LogP contribution in [0.4, 0.5) is 5.69 Å². The van der Waals surface area contributed by atoms with Gasteiger partial charge in [-0.2, -0.15) is 10.5 Å². The molecule has 0 aromatic heterocycles. The monoisotopic (exact) mass is 492 g/mol. The lowest BCUT2D eigenvalue weighted by molar-refractivity contribution is 0.250. The molecule has 0 saturated carbocycles. The van der Waals surface area contributed by atoms with Gasteiger partial charge in [-0.1, -0.05) is 57.9 Å². The highest BCUT2D eigenvalue weighted by Gasteiger charge is 2.19. The van der Waals surface area contributed by atoms with Gasteiger partial charge in [0.25, 0.3) is 0 Å². The topological polar surface area (TPSA) is 54.1 Å². The number of piperazine rings is 1. The van der Waals surface area contributed by atoms with Gasteiger partial charge < -0.3 is 4.90 Å². The lowest BCUT2D eigenvalue weighted by Gasteiger charge is -2.36. The largest absolute Gasteiger partial charge is 0.368 e. The Kier molecular flexibility index (Phi) is 8.50. The Labute approximate surface area is 197 Å². The van der Waals surface area contributed by atoms with E-state index in [9.17, 15) is 5.26 Å². The second kappa shape index (κ2) is 11.5. The third-order valence-electron chi connectivity index (χ3n) is 5.01. The maximum absolute atomic E-state index is 9.33. The summed E-state index contributed by atoms with van der Waals surface area (Å²) < 4.78 is 0.933. The maximum Gasteiger partial charge on any atom is 0.101 e. The molecule has 156 valence electrons. The first-order valence-electron chi connectivity index (χ1n) is 9.95. The number of hydrogen-bond donors (Lipinski definition) is 0. The number of benzene rings is 3. The van der Waals surface area contributed by atoms with E-state index in [1.807, 2.05) is 72.8 Å². The van der Waals surface area contributed by atoms with Crippen molar-refractivity contribution in [3.05, 3.63) is 99.0 Å². The van der Waals surface area contributed by atoms with E-state index < -0.39 is 0 Å². The minimum atomic E-state index is 0.697. The maximum atomic E-state index is 9.33. The highest BCUT2D eigenvalue weighted by molar-refractivity contribution is 9.10. The van der Waals surface area contributed by atoms with E-state index in [4.69, 9.17) is 16.9 Å².